The number of amides is 1. The minimum atomic E-state index is -3.36. The zero-order chi connectivity index (χ0) is 29.3. The SMILES string of the molecule is [2H]C([2H])([2H])Oc1cccc([C@@H]2NCC[C@@H]2N2C([2H])([2H])C([2H])([2H])N(C(=O)OC(C)(C)C)C([2H])([2H])C2([2H])[2H])c1C. The molecule has 2 saturated heterocycles. The maximum absolute atomic E-state index is 12.9. The molecule has 2 fully saturated rings. The van der Waals surface area contributed by atoms with Crippen LogP contribution in [0.3, 0.4) is 0 Å². The Kier molecular flexibility index (Phi) is 3.02. The van der Waals surface area contributed by atoms with Gasteiger partial charge in [-0.05, 0) is 57.9 Å². The molecule has 0 spiro atoms. The van der Waals surface area contributed by atoms with Crippen LogP contribution in [0, 0.1) is 6.92 Å². The second-order valence-electron chi connectivity index (χ2n) is 7.49. The van der Waals surface area contributed by atoms with E-state index in [1.54, 1.807) is 13.0 Å². The van der Waals surface area contributed by atoms with Gasteiger partial charge < -0.3 is 19.7 Å². The molecule has 2 aliphatic heterocycles. The lowest BCUT2D eigenvalue weighted by molar-refractivity contribution is 0.00964. The summed E-state index contributed by atoms with van der Waals surface area (Å²) in [4.78, 5) is 13.3. The minimum Gasteiger partial charge on any atom is -0.496 e. The van der Waals surface area contributed by atoms with E-state index < -0.39 is 56.8 Å². The molecule has 2 aliphatic rings. The zero-order valence-corrected chi connectivity index (χ0v) is 15.9. The molecule has 0 aromatic heterocycles. The summed E-state index contributed by atoms with van der Waals surface area (Å²) in [7, 11) is -2.73. The molecule has 1 amide bonds. The van der Waals surface area contributed by atoms with Crippen molar-refractivity contribution in [2.45, 2.75) is 51.8 Å². The Hall–Kier alpha value is -1.79. The molecule has 0 unspecified atom stereocenters. The highest BCUT2D eigenvalue weighted by Gasteiger charge is 2.36. The lowest BCUT2D eigenvalue weighted by atomic mass is 9.94. The van der Waals surface area contributed by atoms with Crippen molar-refractivity contribution in [1.82, 2.24) is 15.1 Å². The molecule has 0 aliphatic carbocycles. The molecule has 27 heavy (non-hydrogen) atoms. The summed E-state index contributed by atoms with van der Waals surface area (Å²) in [5.74, 6) is 0.0429. The van der Waals surface area contributed by atoms with Gasteiger partial charge in [-0.2, -0.15) is 0 Å². The summed E-state index contributed by atoms with van der Waals surface area (Å²) in [6, 6.07) is 2.63. The summed E-state index contributed by atoms with van der Waals surface area (Å²) in [6.45, 7) is -6.93. The first kappa shape index (κ1) is 10.1. The Morgan fingerprint density at radius 3 is 2.70 bits per heavy atom. The molecule has 3 rings (SSSR count). The zero-order valence-electron chi connectivity index (χ0n) is 26.9. The molecule has 2 atom stereocenters. The van der Waals surface area contributed by atoms with Crippen LogP contribution in [0.15, 0.2) is 18.2 Å². The van der Waals surface area contributed by atoms with Gasteiger partial charge in [-0.3, -0.25) is 4.90 Å². The molecule has 6 heteroatoms. The van der Waals surface area contributed by atoms with Gasteiger partial charge in [0.25, 0.3) is 0 Å². The highest BCUT2D eigenvalue weighted by Crippen LogP contribution is 2.34. The maximum Gasteiger partial charge on any atom is 0.410 e. The van der Waals surface area contributed by atoms with Crippen LogP contribution >= 0.6 is 0 Å². The first-order valence-electron chi connectivity index (χ1n) is 14.3. The third kappa shape index (κ3) is 4.55. The predicted octanol–water partition coefficient (Wildman–Crippen LogP) is 2.96. The average molecular weight is 387 g/mol. The molecule has 150 valence electrons. The Labute approximate surface area is 178 Å². The number of ether oxygens (including phenoxy) is 2. The second-order valence-corrected chi connectivity index (χ2v) is 7.49. The molecular formula is C21H33N3O3. The first-order valence-corrected chi connectivity index (χ1v) is 8.81. The third-order valence-corrected chi connectivity index (χ3v) is 4.43. The number of piperazine rings is 1. The number of nitrogens with zero attached hydrogens (tertiary/aromatic N) is 2. The van der Waals surface area contributed by atoms with Gasteiger partial charge in [0, 0.05) is 43.6 Å². The van der Waals surface area contributed by atoms with Gasteiger partial charge in [-0.1, -0.05) is 12.1 Å². The Bertz CT molecular complexity index is 1040. The summed E-state index contributed by atoms with van der Waals surface area (Å²) >= 11 is 0. The van der Waals surface area contributed by atoms with Crippen LogP contribution in [0.5, 0.6) is 5.75 Å². The Balaban J connectivity index is 2.12. The van der Waals surface area contributed by atoms with Crippen molar-refractivity contribution >= 4 is 6.09 Å². The van der Waals surface area contributed by atoms with Gasteiger partial charge >= 0.3 is 6.09 Å². The van der Waals surface area contributed by atoms with Crippen molar-refractivity contribution in [2.24, 2.45) is 0 Å². The first-order chi connectivity index (χ1) is 17.0. The number of hydrogen-bond donors (Lipinski definition) is 1. The highest BCUT2D eigenvalue weighted by molar-refractivity contribution is 5.68. The summed E-state index contributed by atoms with van der Waals surface area (Å²) in [6.07, 6.45) is -1.43. The van der Waals surface area contributed by atoms with Crippen LogP contribution in [-0.4, -0.2) is 67.1 Å². The van der Waals surface area contributed by atoms with E-state index in [9.17, 15) is 4.79 Å². The van der Waals surface area contributed by atoms with E-state index in [2.05, 4.69) is 5.32 Å². The smallest absolute Gasteiger partial charge is 0.410 e. The van der Waals surface area contributed by atoms with Gasteiger partial charge in [-0.15, -0.1) is 0 Å². The van der Waals surface area contributed by atoms with Crippen LogP contribution in [0.1, 0.15) is 59.4 Å². The van der Waals surface area contributed by atoms with Gasteiger partial charge in [0.15, 0.2) is 0 Å². The quantitative estimate of drug-likeness (QED) is 0.866. The second kappa shape index (κ2) is 8.07. The van der Waals surface area contributed by atoms with E-state index in [0.29, 0.717) is 16.0 Å². The molecule has 0 saturated carbocycles. The largest absolute Gasteiger partial charge is 0.496 e. The number of benzene rings is 1. The number of carbonyl (C=O) groups is 1. The van der Waals surface area contributed by atoms with E-state index in [1.807, 2.05) is 0 Å². The average Bonchev–Trinajstić information content (AvgIpc) is 3.14. The molecule has 2 heterocycles. The van der Waals surface area contributed by atoms with Gasteiger partial charge in [0.1, 0.15) is 11.4 Å². The minimum absolute atomic E-state index is 0.0429. The van der Waals surface area contributed by atoms with Crippen LogP contribution in [0.2, 0.25) is 0 Å². The van der Waals surface area contributed by atoms with Crippen molar-refractivity contribution in [3.63, 3.8) is 0 Å². The number of carbonyl (C=O) groups excluding carboxylic acids is 1. The fourth-order valence-corrected chi connectivity index (χ4v) is 3.19. The van der Waals surface area contributed by atoms with Crippen molar-refractivity contribution in [1.29, 1.82) is 0 Å². The molecule has 0 radical (unpaired) electrons. The lowest BCUT2D eigenvalue weighted by Gasteiger charge is -2.40. The number of nitrogens with one attached hydrogen (secondary N) is 1. The van der Waals surface area contributed by atoms with Crippen LogP contribution in [-0.2, 0) is 4.74 Å². The van der Waals surface area contributed by atoms with E-state index >= 15 is 0 Å². The Morgan fingerprint density at radius 2 is 2.04 bits per heavy atom. The molecule has 1 N–H and O–H groups in total. The fraction of sp³-hybridized carbons (Fsp3) is 0.667. The van der Waals surface area contributed by atoms with Gasteiger partial charge in [0.2, 0.25) is 0 Å². The number of hydrogen-bond acceptors (Lipinski definition) is 5. The van der Waals surface area contributed by atoms with E-state index in [4.69, 9.17) is 24.6 Å². The summed E-state index contributed by atoms with van der Waals surface area (Å²) in [5, 5.41) is 3.13. The third-order valence-electron chi connectivity index (χ3n) is 4.43. The highest BCUT2D eigenvalue weighted by atomic mass is 16.6. The van der Waals surface area contributed by atoms with E-state index in [0.717, 1.165) is 0 Å². The van der Waals surface area contributed by atoms with Crippen molar-refractivity contribution in [3.8, 4) is 5.75 Å². The molecule has 6 nitrogen and oxygen atoms in total. The van der Waals surface area contributed by atoms with Crippen molar-refractivity contribution < 1.29 is 29.3 Å². The topological polar surface area (TPSA) is 54.0 Å². The maximum atomic E-state index is 12.9. The molecular weight excluding hydrogens is 342 g/mol. The van der Waals surface area contributed by atoms with Crippen molar-refractivity contribution in [2.75, 3.05) is 39.6 Å². The van der Waals surface area contributed by atoms with E-state index in [1.165, 1.54) is 32.9 Å². The van der Waals surface area contributed by atoms with Gasteiger partial charge in [-0.25, -0.2) is 4.79 Å². The molecule has 0 bridgehead atoms. The van der Waals surface area contributed by atoms with Crippen LogP contribution in [0.25, 0.3) is 0 Å². The summed E-state index contributed by atoms with van der Waals surface area (Å²) in [5.41, 5.74) is -0.330. The number of methoxy groups -OCH3 is 1. The Morgan fingerprint density at radius 1 is 1.30 bits per heavy atom. The fourth-order valence-electron chi connectivity index (χ4n) is 3.19. The van der Waals surface area contributed by atoms with E-state index in [-0.39, 0.29) is 23.6 Å². The van der Waals surface area contributed by atoms with Crippen LogP contribution < -0.4 is 10.1 Å². The normalized spacial score (nSPS) is 38.1. The number of rotatable bonds is 3. The molecule has 1 aromatic rings. The van der Waals surface area contributed by atoms with Crippen molar-refractivity contribution in [3.05, 3.63) is 29.3 Å². The monoisotopic (exact) mass is 386 g/mol. The van der Waals surface area contributed by atoms with Crippen LogP contribution in [0.4, 0.5) is 4.79 Å². The van der Waals surface area contributed by atoms with Gasteiger partial charge in [0.05, 0.1) is 16.6 Å². The molecule has 1 aromatic carbocycles. The lowest BCUT2D eigenvalue weighted by Crippen LogP contribution is -2.53. The summed E-state index contributed by atoms with van der Waals surface area (Å²) < 4.78 is 102. The predicted molar refractivity (Wildman–Crippen MR) is 106 cm³/mol. The standard InChI is InChI=1S/C21H33N3O3/c1-15-16(7-6-8-18(15)26-5)19-17(9-10-22-19)23-11-13-24(14-12-23)20(25)27-21(2,3)4/h6-8,17,19,22H,9-14H2,1-5H3/t17-,19-/m0/s1/i5D3,11D2,12D2,13D2,14D2.